The molecule has 5 heteroatoms. The number of hydrogen-bond donors (Lipinski definition) is 1. The monoisotopic (exact) mass is 333 g/mol. The molecular formula is C19H27NO4. The third-order valence-corrected chi connectivity index (χ3v) is 4.80. The Balaban J connectivity index is 2.13. The van der Waals surface area contributed by atoms with Crippen LogP contribution in [0.2, 0.25) is 0 Å². The first-order valence-corrected chi connectivity index (χ1v) is 8.52. The molecule has 0 bridgehead atoms. The van der Waals surface area contributed by atoms with Crippen molar-refractivity contribution in [3.05, 3.63) is 29.3 Å². The molecule has 0 radical (unpaired) electrons. The number of hydrogen-bond acceptors (Lipinski definition) is 3. The highest BCUT2D eigenvalue weighted by Gasteiger charge is 2.39. The third kappa shape index (κ3) is 3.71. The molecule has 1 fully saturated rings. The van der Waals surface area contributed by atoms with E-state index < -0.39 is 18.0 Å². The molecule has 1 aliphatic heterocycles. The van der Waals surface area contributed by atoms with Gasteiger partial charge in [0.2, 0.25) is 0 Å². The Bertz CT molecular complexity index is 626. The van der Waals surface area contributed by atoms with Crippen molar-refractivity contribution in [3.63, 3.8) is 0 Å². The quantitative estimate of drug-likeness (QED) is 0.898. The van der Waals surface area contributed by atoms with E-state index in [1.807, 2.05) is 25.1 Å². The molecule has 1 saturated heterocycles. The van der Waals surface area contributed by atoms with Crippen molar-refractivity contribution in [1.29, 1.82) is 0 Å². The number of ether oxygens (including phenoxy) is 1. The van der Waals surface area contributed by atoms with Gasteiger partial charge in [0, 0.05) is 12.6 Å². The van der Waals surface area contributed by atoms with Gasteiger partial charge in [-0.25, -0.2) is 0 Å². The summed E-state index contributed by atoms with van der Waals surface area (Å²) in [6.07, 6.45) is -0.143. The first-order valence-electron chi connectivity index (χ1n) is 8.52. The minimum Gasteiger partial charge on any atom is -0.481 e. The molecule has 24 heavy (non-hydrogen) atoms. The number of amides is 1. The van der Waals surface area contributed by atoms with Gasteiger partial charge in [0.05, 0.1) is 5.92 Å². The van der Waals surface area contributed by atoms with Gasteiger partial charge in [-0.2, -0.15) is 0 Å². The van der Waals surface area contributed by atoms with E-state index in [0.717, 1.165) is 16.9 Å². The van der Waals surface area contributed by atoms with E-state index in [4.69, 9.17) is 4.74 Å². The molecular weight excluding hydrogens is 306 g/mol. The summed E-state index contributed by atoms with van der Waals surface area (Å²) in [5.74, 6) is -0.460. The van der Waals surface area contributed by atoms with E-state index in [1.54, 1.807) is 18.7 Å². The number of benzene rings is 1. The van der Waals surface area contributed by atoms with Crippen LogP contribution in [0, 0.1) is 12.8 Å². The minimum atomic E-state index is -0.841. The van der Waals surface area contributed by atoms with Crippen LogP contribution in [0.25, 0.3) is 0 Å². The van der Waals surface area contributed by atoms with Crippen LogP contribution in [-0.4, -0.2) is 40.6 Å². The summed E-state index contributed by atoms with van der Waals surface area (Å²) in [6, 6.07) is 5.72. The maximum absolute atomic E-state index is 12.7. The number of carboxylic acids is 1. The molecule has 1 amide bonds. The van der Waals surface area contributed by atoms with E-state index in [-0.39, 0.29) is 11.9 Å². The number of aliphatic carboxylic acids is 1. The first-order chi connectivity index (χ1) is 11.2. The van der Waals surface area contributed by atoms with E-state index in [0.29, 0.717) is 18.9 Å². The lowest BCUT2D eigenvalue weighted by molar-refractivity contribution is -0.144. The van der Waals surface area contributed by atoms with E-state index in [9.17, 15) is 14.7 Å². The van der Waals surface area contributed by atoms with Crippen molar-refractivity contribution in [2.24, 2.45) is 5.92 Å². The van der Waals surface area contributed by atoms with Crippen LogP contribution in [0.5, 0.6) is 5.75 Å². The smallest absolute Gasteiger partial charge is 0.308 e. The minimum absolute atomic E-state index is 0.150. The van der Waals surface area contributed by atoms with Crippen molar-refractivity contribution in [1.82, 2.24) is 4.90 Å². The van der Waals surface area contributed by atoms with E-state index >= 15 is 0 Å². The highest BCUT2D eigenvalue weighted by atomic mass is 16.5. The zero-order chi connectivity index (χ0) is 18.0. The maximum Gasteiger partial charge on any atom is 0.308 e. The summed E-state index contributed by atoms with van der Waals surface area (Å²) in [5.41, 5.74) is 2.15. The van der Waals surface area contributed by atoms with Crippen molar-refractivity contribution >= 4 is 11.9 Å². The average molecular weight is 333 g/mol. The van der Waals surface area contributed by atoms with Crippen LogP contribution in [-0.2, 0) is 9.59 Å². The van der Waals surface area contributed by atoms with Gasteiger partial charge < -0.3 is 14.7 Å². The topological polar surface area (TPSA) is 66.8 Å². The van der Waals surface area contributed by atoms with Gasteiger partial charge in [-0.3, -0.25) is 9.59 Å². The fourth-order valence-electron chi connectivity index (χ4n) is 3.28. The highest BCUT2D eigenvalue weighted by Crippen LogP contribution is 2.30. The molecule has 2 rings (SSSR count). The van der Waals surface area contributed by atoms with Gasteiger partial charge in [0.25, 0.3) is 5.91 Å². The summed E-state index contributed by atoms with van der Waals surface area (Å²) in [6.45, 7) is 10.2. The van der Waals surface area contributed by atoms with Crippen LogP contribution in [0.4, 0.5) is 0 Å². The fourth-order valence-corrected chi connectivity index (χ4v) is 3.28. The van der Waals surface area contributed by atoms with Crippen LogP contribution in [0.3, 0.4) is 0 Å². The largest absolute Gasteiger partial charge is 0.481 e. The van der Waals surface area contributed by atoms with Gasteiger partial charge in [0.1, 0.15) is 5.75 Å². The summed E-state index contributed by atoms with van der Waals surface area (Å²) in [5, 5.41) is 9.22. The SMILES string of the molecule is Cc1ccc(C(C)C)c(OC(C)C(=O)N2CCC(C(=O)O)C2C)c1. The lowest BCUT2D eigenvalue weighted by Gasteiger charge is -2.27. The lowest BCUT2D eigenvalue weighted by Crippen LogP contribution is -2.44. The molecule has 1 N–H and O–H groups in total. The number of rotatable bonds is 5. The number of carbonyl (C=O) groups is 2. The van der Waals surface area contributed by atoms with E-state index in [2.05, 4.69) is 13.8 Å². The van der Waals surface area contributed by atoms with Crippen LogP contribution < -0.4 is 4.74 Å². The molecule has 1 aromatic rings. The average Bonchev–Trinajstić information content (AvgIpc) is 2.88. The Morgan fingerprint density at radius 1 is 1.29 bits per heavy atom. The molecule has 0 aromatic heterocycles. The van der Waals surface area contributed by atoms with Crippen LogP contribution in [0.15, 0.2) is 18.2 Å². The normalized spacial score (nSPS) is 21.8. The molecule has 132 valence electrons. The number of aryl methyl sites for hydroxylation is 1. The molecule has 1 aromatic carbocycles. The predicted octanol–water partition coefficient (Wildman–Crippen LogP) is 3.21. The molecule has 3 atom stereocenters. The molecule has 1 heterocycles. The Kier molecular flexibility index (Phi) is 5.52. The van der Waals surface area contributed by atoms with Gasteiger partial charge in [-0.1, -0.05) is 26.0 Å². The molecule has 3 unspecified atom stereocenters. The number of likely N-dealkylation sites (tertiary alicyclic amines) is 1. The van der Waals surface area contributed by atoms with Crippen molar-refractivity contribution in [3.8, 4) is 5.75 Å². The second kappa shape index (κ2) is 7.24. The highest BCUT2D eigenvalue weighted by molar-refractivity contribution is 5.83. The van der Waals surface area contributed by atoms with Gasteiger partial charge in [0.15, 0.2) is 6.10 Å². The Labute approximate surface area is 143 Å². The van der Waals surface area contributed by atoms with E-state index in [1.165, 1.54) is 0 Å². The standard InChI is InChI=1S/C19H27NO4/c1-11(2)15-7-6-12(3)10-17(15)24-14(5)18(21)20-9-8-16(13(20)4)19(22)23/h6-7,10-11,13-14,16H,8-9H2,1-5H3,(H,22,23). The number of nitrogens with zero attached hydrogens (tertiary/aromatic N) is 1. The molecule has 0 aliphatic carbocycles. The third-order valence-electron chi connectivity index (χ3n) is 4.80. The fraction of sp³-hybridized carbons (Fsp3) is 0.579. The summed E-state index contributed by atoms with van der Waals surface area (Å²) in [7, 11) is 0. The first kappa shape index (κ1) is 18.3. The van der Waals surface area contributed by atoms with Gasteiger partial charge in [-0.15, -0.1) is 0 Å². The second-order valence-electron chi connectivity index (χ2n) is 6.96. The molecule has 0 spiro atoms. The molecule has 5 nitrogen and oxygen atoms in total. The Hall–Kier alpha value is -2.04. The summed E-state index contributed by atoms with van der Waals surface area (Å²) in [4.78, 5) is 25.6. The zero-order valence-corrected chi connectivity index (χ0v) is 15.1. The summed E-state index contributed by atoms with van der Waals surface area (Å²) < 4.78 is 5.97. The Morgan fingerprint density at radius 3 is 2.50 bits per heavy atom. The number of carboxylic acid groups (broad SMARTS) is 1. The van der Waals surface area contributed by atoms with Crippen LogP contribution in [0.1, 0.15) is 51.2 Å². The van der Waals surface area contributed by atoms with Crippen molar-refractivity contribution in [2.75, 3.05) is 6.54 Å². The summed E-state index contributed by atoms with van der Waals surface area (Å²) >= 11 is 0. The zero-order valence-electron chi connectivity index (χ0n) is 15.1. The lowest BCUT2D eigenvalue weighted by atomic mass is 10.0. The Morgan fingerprint density at radius 2 is 1.96 bits per heavy atom. The molecule has 1 aliphatic rings. The maximum atomic E-state index is 12.7. The van der Waals surface area contributed by atoms with Gasteiger partial charge >= 0.3 is 5.97 Å². The number of carbonyl (C=O) groups excluding carboxylic acids is 1. The second-order valence-corrected chi connectivity index (χ2v) is 6.96. The van der Waals surface area contributed by atoms with Crippen molar-refractivity contribution in [2.45, 2.75) is 59.1 Å². The molecule has 0 saturated carbocycles. The van der Waals surface area contributed by atoms with Gasteiger partial charge in [-0.05, 0) is 50.3 Å². The predicted molar refractivity (Wildman–Crippen MR) is 92.3 cm³/mol. The van der Waals surface area contributed by atoms with Crippen molar-refractivity contribution < 1.29 is 19.4 Å². The van der Waals surface area contributed by atoms with Crippen LogP contribution >= 0.6 is 0 Å².